The Morgan fingerprint density at radius 3 is 2.42 bits per heavy atom. The minimum Gasteiger partial charge on any atom is -0.329 e. The van der Waals surface area contributed by atoms with E-state index in [-0.39, 0.29) is 0 Å². The van der Waals surface area contributed by atoms with Gasteiger partial charge in [0.1, 0.15) is 0 Å². The lowest BCUT2D eigenvalue weighted by atomic mass is 9.99. The molecule has 19 heavy (non-hydrogen) atoms. The number of nitrogens with zero attached hydrogens (tertiary/aromatic N) is 2. The summed E-state index contributed by atoms with van der Waals surface area (Å²) in [4.78, 5) is 5.00. The molecular formula is C16H27N3. The number of nitrogens with two attached hydrogens (primary N) is 1. The molecule has 1 fully saturated rings. The molecule has 1 aromatic carbocycles. The van der Waals surface area contributed by atoms with Crippen LogP contribution in [0.5, 0.6) is 0 Å². The molecule has 0 bridgehead atoms. The second kappa shape index (κ2) is 6.04. The van der Waals surface area contributed by atoms with E-state index >= 15 is 0 Å². The van der Waals surface area contributed by atoms with Crippen LogP contribution in [-0.4, -0.2) is 48.6 Å². The second-order valence-corrected chi connectivity index (χ2v) is 5.98. The molecule has 3 heteroatoms. The Morgan fingerprint density at radius 2 is 1.89 bits per heavy atom. The van der Waals surface area contributed by atoms with Crippen molar-refractivity contribution in [1.29, 1.82) is 0 Å². The van der Waals surface area contributed by atoms with Crippen molar-refractivity contribution in [3.63, 3.8) is 0 Å². The zero-order valence-corrected chi connectivity index (χ0v) is 12.6. The SMILES string of the molecule is Cc1cccc(C(CN)N2CC(C)N(C)C(C)C2)c1. The van der Waals surface area contributed by atoms with Gasteiger partial charge in [0.25, 0.3) is 0 Å². The van der Waals surface area contributed by atoms with Gasteiger partial charge in [0.05, 0.1) is 0 Å². The highest BCUT2D eigenvalue weighted by molar-refractivity contribution is 5.25. The molecule has 0 aliphatic carbocycles. The first-order chi connectivity index (χ1) is 9.02. The third-order valence-electron chi connectivity index (χ3n) is 4.48. The quantitative estimate of drug-likeness (QED) is 0.903. The lowest BCUT2D eigenvalue weighted by Gasteiger charge is -2.45. The van der Waals surface area contributed by atoms with Crippen molar-refractivity contribution in [3.8, 4) is 0 Å². The van der Waals surface area contributed by atoms with Gasteiger partial charge in [-0.1, -0.05) is 29.8 Å². The van der Waals surface area contributed by atoms with Crippen LogP contribution >= 0.6 is 0 Å². The standard InChI is InChI=1S/C16H27N3/c1-12-6-5-7-15(8-12)16(9-17)19-10-13(2)18(4)14(3)11-19/h5-8,13-14,16H,9-11,17H2,1-4H3. The molecule has 1 saturated heterocycles. The highest BCUT2D eigenvalue weighted by Crippen LogP contribution is 2.25. The molecule has 0 aromatic heterocycles. The minimum atomic E-state index is 0.346. The number of hydrogen-bond acceptors (Lipinski definition) is 3. The first-order valence-corrected chi connectivity index (χ1v) is 7.25. The summed E-state index contributed by atoms with van der Waals surface area (Å²) in [5.74, 6) is 0. The van der Waals surface area contributed by atoms with Crippen molar-refractivity contribution in [2.75, 3.05) is 26.7 Å². The van der Waals surface area contributed by atoms with Crippen LogP contribution in [0.1, 0.15) is 31.0 Å². The van der Waals surface area contributed by atoms with Crippen molar-refractivity contribution < 1.29 is 0 Å². The molecule has 106 valence electrons. The van der Waals surface area contributed by atoms with Crippen LogP contribution in [0.3, 0.4) is 0 Å². The number of likely N-dealkylation sites (N-methyl/N-ethyl adjacent to an activating group) is 1. The molecule has 0 radical (unpaired) electrons. The molecule has 1 aliphatic heterocycles. The predicted molar refractivity (Wildman–Crippen MR) is 81.2 cm³/mol. The van der Waals surface area contributed by atoms with Crippen LogP contribution in [0.4, 0.5) is 0 Å². The Labute approximate surface area is 117 Å². The van der Waals surface area contributed by atoms with Crippen LogP contribution in [-0.2, 0) is 0 Å². The summed E-state index contributed by atoms with van der Waals surface area (Å²) < 4.78 is 0. The van der Waals surface area contributed by atoms with E-state index in [4.69, 9.17) is 5.73 Å². The van der Waals surface area contributed by atoms with Gasteiger partial charge in [0.15, 0.2) is 0 Å². The van der Waals surface area contributed by atoms with Gasteiger partial charge in [-0.25, -0.2) is 0 Å². The van der Waals surface area contributed by atoms with E-state index in [0.717, 1.165) is 13.1 Å². The number of benzene rings is 1. The topological polar surface area (TPSA) is 32.5 Å². The number of hydrogen-bond donors (Lipinski definition) is 1. The van der Waals surface area contributed by atoms with E-state index in [9.17, 15) is 0 Å². The Morgan fingerprint density at radius 1 is 1.26 bits per heavy atom. The largest absolute Gasteiger partial charge is 0.329 e. The fourth-order valence-electron chi connectivity index (χ4n) is 3.07. The second-order valence-electron chi connectivity index (χ2n) is 5.98. The molecule has 1 aliphatic rings. The first kappa shape index (κ1) is 14.5. The van der Waals surface area contributed by atoms with Gasteiger partial charge >= 0.3 is 0 Å². The zero-order chi connectivity index (χ0) is 14.0. The normalized spacial score (nSPS) is 27.4. The molecule has 3 nitrogen and oxygen atoms in total. The van der Waals surface area contributed by atoms with Crippen LogP contribution in [0.25, 0.3) is 0 Å². The fraction of sp³-hybridized carbons (Fsp3) is 0.625. The van der Waals surface area contributed by atoms with Gasteiger partial charge in [-0.05, 0) is 33.4 Å². The maximum absolute atomic E-state index is 6.06. The summed E-state index contributed by atoms with van der Waals surface area (Å²) in [7, 11) is 2.22. The fourth-order valence-corrected chi connectivity index (χ4v) is 3.07. The molecule has 1 aromatic rings. The van der Waals surface area contributed by atoms with E-state index < -0.39 is 0 Å². The van der Waals surface area contributed by atoms with Crippen molar-refractivity contribution in [1.82, 2.24) is 9.80 Å². The van der Waals surface area contributed by atoms with E-state index in [2.05, 4.69) is 61.9 Å². The van der Waals surface area contributed by atoms with Gasteiger partial charge < -0.3 is 5.73 Å². The first-order valence-electron chi connectivity index (χ1n) is 7.25. The highest BCUT2D eigenvalue weighted by atomic mass is 15.3. The number of aryl methyl sites for hydroxylation is 1. The maximum atomic E-state index is 6.06. The van der Waals surface area contributed by atoms with E-state index in [1.54, 1.807) is 0 Å². The van der Waals surface area contributed by atoms with E-state index in [1.165, 1.54) is 11.1 Å². The molecule has 2 rings (SSSR count). The van der Waals surface area contributed by atoms with Gasteiger partial charge in [-0.15, -0.1) is 0 Å². The number of rotatable bonds is 3. The van der Waals surface area contributed by atoms with Gasteiger partial charge in [0.2, 0.25) is 0 Å². The summed E-state index contributed by atoms with van der Waals surface area (Å²) in [6.07, 6.45) is 0. The zero-order valence-electron chi connectivity index (χ0n) is 12.6. The van der Waals surface area contributed by atoms with Crippen LogP contribution in [0.2, 0.25) is 0 Å². The Kier molecular flexibility index (Phi) is 4.61. The molecule has 0 spiro atoms. The third kappa shape index (κ3) is 3.16. The van der Waals surface area contributed by atoms with E-state index in [1.807, 2.05) is 0 Å². The summed E-state index contributed by atoms with van der Waals surface area (Å²) in [6.45, 7) is 9.62. The lowest BCUT2D eigenvalue weighted by Crippen LogP contribution is -2.56. The Bertz CT molecular complexity index is 406. The predicted octanol–water partition coefficient (Wildman–Crippen LogP) is 2.02. The van der Waals surface area contributed by atoms with Crippen LogP contribution < -0.4 is 5.73 Å². The van der Waals surface area contributed by atoms with Crippen molar-refractivity contribution in [2.24, 2.45) is 5.73 Å². The molecule has 2 N–H and O–H groups in total. The molecule has 0 amide bonds. The number of piperazine rings is 1. The van der Waals surface area contributed by atoms with Crippen molar-refractivity contribution >= 4 is 0 Å². The lowest BCUT2D eigenvalue weighted by molar-refractivity contribution is 0.0352. The molecule has 3 unspecified atom stereocenters. The Hall–Kier alpha value is -0.900. The van der Waals surface area contributed by atoms with E-state index in [0.29, 0.717) is 24.7 Å². The molecule has 0 saturated carbocycles. The third-order valence-corrected chi connectivity index (χ3v) is 4.48. The van der Waals surface area contributed by atoms with Gasteiger partial charge in [-0.3, -0.25) is 9.80 Å². The Balaban J connectivity index is 2.18. The summed E-state index contributed by atoms with van der Waals surface area (Å²) in [6, 6.07) is 10.3. The molecular weight excluding hydrogens is 234 g/mol. The van der Waals surface area contributed by atoms with Gasteiger partial charge in [0, 0.05) is 37.8 Å². The summed E-state index contributed by atoms with van der Waals surface area (Å²) >= 11 is 0. The van der Waals surface area contributed by atoms with Gasteiger partial charge in [-0.2, -0.15) is 0 Å². The maximum Gasteiger partial charge on any atom is 0.0471 e. The van der Waals surface area contributed by atoms with Crippen molar-refractivity contribution in [3.05, 3.63) is 35.4 Å². The van der Waals surface area contributed by atoms with Crippen molar-refractivity contribution in [2.45, 2.75) is 38.9 Å². The molecule has 3 atom stereocenters. The smallest absolute Gasteiger partial charge is 0.0471 e. The minimum absolute atomic E-state index is 0.346. The highest BCUT2D eigenvalue weighted by Gasteiger charge is 2.30. The molecule has 1 heterocycles. The summed E-state index contributed by atoms with van der Waals surface area (Å²) in [5.41, 5.74) is 8.72. The van der Waals surface area contributed by atoms with Crippen LogP contribution in [0.15, 0.2) is 24.3 Å². The van der Waals surface area contributed by atoms with Crippen LogP contribution in [0, 0.1) is 6.92 Å². The average Bonchev–Trinajstić information content (AvgIpc) is 2.37. The monoisotopic (exact) mass is 261 g/mol. The average molecular weight is 261 g/mol. The summed E-state index contributed by atoms with van der Waals surface area (Å²) in [5, 5.41) is 0.